The van der Waals surface area contributed by atoms with E-state index in [2.05, 4.69) is 49.5 Å². The van der Waals surface area contributed by atoms with Gasteiger partial charge >= 0.3 is 5.97 Å². The molecule has 0 spiro atoms. The highest BCUT2D eigenvalue weighted by Gasteiger charge is 2.48. The lowest BCUT2D eigenvalue weighted by Crippen LogP contribution is -2.61. The number of nitrogens with one attached hydrogen (secondary N) is 2. The lowest BCUT2D eigenvalue weighted by molar-refractivity contribution is -0.303. The van der Waals surface area contributed by atoms with Gasteiger partial charge in [-0.1, -0.05) is 106 Å². The first-order chi connectivity index (χ1) is 28.4. The van der Waals surface area contributed by atoms with Crippen LogP contribution < -0.4 is 11.1 Å². The average molecular weight is 837 g/mol. The van der Waals surface area contributed by atoms with E-state index in [1.165, 1.54) is 0 Å². The van der Waals surface area contributed by atoms with E-state index in [4.69, 9.17) is 20.6 Å². The molecule has 0 bridgehead atoms. The number of carbonyl (C=O) groups is 3. The zero-order valence-corrected chi connectivity index (χ0v) is 35.9. The van der Waals surface area contributed by atoms with E-state index < -0.39 is 48.7 Å². The summed E-state index contributed by atoms with van der Waals surface area (Å²) in [6.45, 7) is 10.5. The number of nitrogens with two attached hydrogens (primary N) is 1. The summed E-state index contributed by atoms with van der Waals surface area (Å²) in [7, 11) is 1.82. The third kappa shape index (κ3) is 18.2. The molecule has 1 heterocycles. The van der Waals surface area contributed by atoms with Gasteiger partial charge in [0.25, 0.3) is 5.91 Å². The molecule has 9 atom stereocenters. The minimum atomic E-state index is -1.83. The summed E-state index contributed by atoms with van der Waals surface area (Å²) in [5.74, 6) is -1.98. The van der Waals surface area contributed by atoms with Crippen LogP contribution in [0.5, 0.6) is 0 Å². The van der Waals surface area contributed by atoms with Gasteiger partial charge in [0.15, 0.2) is 24.1 Å². The number of amides is 1. The number of aliphatic hydroxyl groups excluding tert-OH is 4. The van der Waals surface area contributed by atoms with Crippen LogP contribution in [0.15, 0.2) is 108 Å². The van der Waals surface area contributed by atoms with E-state index in [9.17, 15) is 39.9 Å². The summed E-state index contributed by atoms with van der Waals surface area (Å²) in [6, 6.07) is 0. The molecule has 14 nitrogen and oxygen atoms in total. The molecule has 9 N–H and O–H groups in total. The normalized spacial score (nSPS) is 24.1. The minimum absolute atomic E-state index is 0.0435. The molecule has 332 valence electrons. The van der Waals surface area contributed by atoms with Crippen molar-refractivity contribution >= 4 is 23.6 Å². The molecule has 2 aliphatic rings. The lowest BCUT2D eigenvalue weighted by atomic mass is 9.92. The fraction of sp³-hybridized carbons (Fsp3) is 0.522. The standard InChI is InChI=1S/C46H68N4O10/c1-30(21-15-12-13-20-28-50(6)46(47)48)22-16-14-17-23-31(2)29-34(5)41(59-45-40(55)38(53)39(54)42(60-45)44(57)58)32(3)24-18-10-8-7-9-11-19-25-33(4)43(56)49-37-35(51)26-27-36(37)52/h7-12,15-16,18-19,22,24-25,29-32,38-42,45,51,53-55H,13-14,17,20-21,23,26-28H2,1-6H3,(H3,47,48)(H,49,56)(H,57,58)/b9-7+,10-8+,15-12+,19-11+,22-16+,24-18+,33-25+,34-29+/t30?,31?,32?,38-,39-,40+,41?,42-,45+/m0/s1. The number of aliphatic hydroxyl groups is 4. The first-order valence-electron chi connectivity index (χ1n) is 20.7. The van der Waals surface area contributed by atoms with Crippen molar-refractivity contribution in [2.45, 2.75) is 123 Å². The molecule has 1 fully saturated rings. The van der Waals surface area contributed by atoms with E-state index in [0.717, 1.165) is 50.6 Å². The molecule has 0 aromatic heterocycles. The Hall–Kier alpha value is -4.86. The van der Waals surface area contributed by atoms with Gasteiger partial charge in [0.05, 0.1) is 6.10 Å². The van der Waals surface area contributed by atoms with Gasteiger partial charge in [-0.05, 0) is 69.8 Å². The van der Waals surface area contributed by atoms with Gasteiger partial charge in [-0.25, -0.2) is 4.79 Å². The third-order valence-corrected chi connectivity index (χ3v) is 10.2. The Kier molecular flexibility index (Phi) is 23.1. The van der Waals surface area contributed by atoms with Crippen LogP contribution in [-0.2, 0) is 23.9 Å². The van der Waals surface area contributed by atoms with Crippen LogP contribution in [0.3, 0.4) is 0 Å². The van der Waals surface area contributed by atoms with Crippen molar-refractivity contribution in [3.63, 3.8) is 0 Å². The van der Waals surface area contributed by atoms with Crippen LogP contribution in [-0.4, -0.2) is 104 Å². The molecule has 1 amide bonds. The highest BCUT2D eigenvalue weighted by molar-refractivity contribution is 6.04. The fourth-order valence-electron chi connectivity index (χ4n) is 6.48. The van der Waals surface area contributed by atoms with E-state index in [1.54, 1.807) is 48.3 Å². The Morgan fingerprint density at radius 2 is 1.57 bits per heavy atom. The second kappa shape index (κ2) is 27.1. The zero-order chi connectivity index (χ0) is 44.8. The number of carboxylic acids is 1. The van der Waals surface area contributed by atoms with Crippen molar-refractivity contribution in [1.82, 2.24) is 10.2 Å². The Balaban J connectivity index is 2.01. The number of rotatable bonds is 24. The summed E-state index contributed by atoms with van der Waals surface area (Å²) < 4.78 is 11.7. The first-order valence-corrected chi connectivity index (χ1v) is 20.7. The van der Waals surface area contributed by atoms with Gasteiger partial charge in [-0.3, -0.25) is 15.0 Å². The SMILES string of the molecule is C\C(=C/C=C/C=C/C=C/C=C/C(C)C(O[C@@H]1O[C@H](C(=O)O)[C@@H](O)[C@H](O)[C@H]1O)/C(C)=C/C(C)CCC/C=C/C(C)C/C=C/CCCN(C)C(=N)N)C(=O)NC1=C(O)CCC1=O. The predicted molar refractivity (Wildman–Crippen MR) is 233 cm³/mol. The predicted octanol–water partition coefficient (Wildman–Crippen LogP) is 5.82. The highest BCUT2D eigenvalue weighted by Crippen LogP contribution is 2.29. The second-order valence-corrected chi connectivity index (χ2v) is 15.6. The molecule has 0 saturated carbocycles. The van der Waals surface area contributed by atoms with Crippen molar-refractivity contribution in [2.24, 2.45) is 23.5 Å². The molecule has 60 heavy (non-hydrogen) atoms. The molecule has 2 rings (SSSR count). The van der Waals surface area contributed by atoms with Crippen LogP contribution in [0.4, 0.5) is 0 Å². The van der Waals surface area contributed by atoms with Crippen LogP contribution in [0, 0.1) is 23.2 Å². The topological polar surface area (TPSA) is 236 Å². The highest BCUT2D eigenvalue weighted by atomic mass is 16.7. The van der Waals surface area contributed by atoms with E-state index in [-0.39, 0.29) is 47.9 Å². The summed E-state index contributed by atoms with van der Waals surface area (Å²) in [5.41, 5.74) is 6.62. The van der Waals surface area contributed by atoms with Crippen LogP contribution in [0.2, 0.25) is 0 Å². The maximum absolute atomic E-state index is 12.3. The molecular weight excluding hydrogens is 769 g/mol. The van der Waals surface area contributed by atoms with Crippen molar-refractivity contribution in [1.29, 1.82) is 5.41 Å². The fourth-order valence-corrected chi connectivity index (χ4v) is 6.48. The van der Waals surface area contributed by atoms with Crippen LogP contribution in [0.1, 0.15) is 86.0 Å². The van der Waals surface area contributed by atoms with Gasteiger partial charge < -0.3 is 51.0 Å². The molecule has 0 radical (unpaired) electrons. The first kappa shape index (κ1) is 51.3. The van der Waals surface area contributed by atoms with Gasteiger partial charge in [0.1, 0.15) is 29.8 Å². The van der Waals surface area contributed by atoms with Gasteiger partial charge in [-0.15, -0.1) is 0 Å². The monoisotopic (exact) mass is 836 g/mol. The number of unbranched alkanes of at least 4 members (excludes halogenated alkanes) is 2. The molecule has 14 heteroatoms. The number of hydrogen-bond acceptors (Lipinski definition) is 10. The Bertz CT molecular complexity index is 1710. The lowest BCUT2D eigenvalue weighted by Gasteiger charge is -2.40. The third-order valence-electron chi connectivity index (χ3n) is 10.2. The van der Waals surface area contributed by atoms with E-state index in [0.29, 0.717) is 11.5 Å². The molecule has 0 aromatic rings. The zero-order valence-electron chi connectivity index (χ0n) is 35.9. The largest absolute Gasteiger partial charge is 0.510 e. The molecule has 4 unspecified atom stereocenters. The number of nitrogens with zero attached hydrogens (tertiary/aromatic N) is 1. The van der Waals surface area contributed by atoms with Gasteiger partial charge in [0, 0.05) is 37.9 Å². The number of carboxylic acid groups (broad SMARTS) is 1. The molecule has 1 aliphatic heterocycles. The van der Waals surface area contributed by atoms with E-state index >= 15 is 0 Å². The number of allylic oxidation sites excluding steroid dienone is 15. The molecule has 1 aliphatic carbocycles. The Labute approximate surface area is 355 Å². The van der Waals surface area contributed by atoms with Gasteiger partial charge in [0.2, 0.25) is 0 Å². The number of Topliss-reactive ketones (excluding diaryl/α,β-unsaturated/α-hetero) is 1. The summed E-state index contributed by atoms with van der Waals surface area (Å²) in [4.78, 5) is 37.6. The smallest absolute Gasteiger partial charge is 0.335 e. The van der Waals surface area contributed by atoms with Crippen molar-refractivity contribution in [3.05, 3.63) is 108 Å². The van der Waals surface area contributed by atoms with Crippen molar-refractivity contribution in [2.75, 3.05) is 13.6 Å². The number of carbonyl (C=O) groups excluding carboxylic acids is 2. The molecule has 0 aromatic carbocycles. The summed E-state index contributed by atoms with van der Waals surface area (Å²) >= 11 is 0. The quantitative estimate of drug-likeness (QED) is 0.0144. The van der Waals surface area contributed by atoms with Crippen LogP contribution >= 0.6 is 0 Å². The molecular formula is C46H68N4O10. The van der Waals surface area contributed by atoms with E-state index in [1.807, 2.05) is 39.1 Å². The summed E-state index contributed by atoms with van der Waals surface area (Å²) in [5, 5.41) is 60.5. The number of ketones is 1. The Morgan fingerprint density at radius 1 is 0.917 bits per heavy atom. The summed E-state index contributed by atoms with van der Waals surface area (Å²) in [6.07, 6.45) is 23.6. The van der Waals surface area contributed by atoms with Crippen molar-refractivity contribution in [3.8, 4) is 0 Å². The Morgan fingerprint density at radius 3 is 2.20 bits per heavy atom. The number of guanidine groups is 1. The van der Waals surface area contributed by atoms with Gasteiger partial charge in [-0.2, -0.15) is 0 Å². The maximum atomic E-state index is 12.3. The van der Waals surface area contributed by atoms with Crippen molar-refractivity contribution < 1.29 is 49.4 Å². The van der Waals surface area contributed by atoms with Crippen LogP contribution in [0.25, 0.3) is 0 Å². The maximum Gasteiger partial charge on any atom is 0.335 e. The minimum Gasteiger partial charge on any atom is -0.510 e. The number of hydrogen-bond donors (Lipinski definition) is 8. The average Bonchev–Trinajstić information content (AvgIpc) is 3.51. The number of ether oxygens (including phenoxy) is 2. The molecule has 1 saturated heterocycles. The number of aliphatic carboxylic acids is 1. The second-order valence-electron chi connectivity index (χ2n) is 15.6.